The topological polar surface area (TPSA) is 26.0 Å². The lowest BCUT2D eigenvalue weighted by atomic mass is 10.2. The largest absolute Gasteiger partial charge is 0.327 e. The number of hydrogen-bond donors (Lipinski definition) is 1. The second kappa shape index (κ2) is 1.29. The zero-order valence-electron chi connectivity index (χ0n) is 4.98. The minimum Gasteiger partial charge on any atom is -0.327 e. The average molecular weight is 133 g/mol. The van der Waals surface area contributed by atoms with E-state index in [0.717, 1.165) is 0 Å². The van der Waals surface area contributed by atoms with Crippen molar-refractivity contribution in [1.82, 2.24) is 0 Å². The molecule has 2 saturated carbocycles. The van der Waals surface area contributed by atoms with Gasteiger partial charge in [-0.05, 0) is 12.3 Å². The van der Waals surface area contributed by atoms with Gasteiger partial charge in [-0.2, -0.15) is 0 Å². The predicted octanol–water partition coefficient (Wildman–Crippen LogP) is 0.989. The molecule has 0 aliphatic heterocycles. The van der Waals surface area contributed by atoms with E-state index in [9.17, 15) is 8.78 Å². The van der Waals surface area contributed by atoms with Gasteiger partial charge in [-0.1, -0.05) is 0 Å². The molecule has 0 saturated heterocycles. The van der Waals surface area contributed by atoms with E-state index in [1.54, 1.807) is 0 Å². The highest BCUT2D eigenvalue weighted by Crippen LogP contribution is 2.58. The maximum absolute atomic E-state index is 12.6. The van der Waals surface area contributed by atoms with Gasteiger partial charge in [-0.25, -0.2) is 8.78 Å². The number of hydrogen-bond acceptors (Lipinski definition) is 1. The molecule has 2 aliphatic rings. The molecule has 0 aromatic rings. The molecule has 3 heteroatoms. The second-order valence-corrected chi connectivity index (χ2v) is 3.07. The summed E-state index contributed by atoms with van der Waals surface area (Å²) < 4.78 is 25.1. The average Bonchev–Trinajstić information content (AvgIpc) is 2.24. The number of fused-ring (bicyclic) bond motifs is 1. The Bertz CT molecular complexity index is 146. The van der Waals surface area contributed by atoms with Gasteiger partial charge in [0.25, 0.3) is 5.92 Å². The zero-order valence-corrected chi connectivity index (χ0v) is 4.98. The molecule has 0 bridgehead atoms. The molecule has 3 atom stereocenters. The monoisotopic (exact) mass is 133 g/mol. The van der Waals surface area contributed by atoms with Crippen molar-refractivity contribution in [1.29, 1.82) is 0 Å². The van der Waals surface area contributed by atoms with Gasteiger partial charge in [0.1, 0.15) is 0 Å². The van der Waals surface area contributed by atoms with E-state index in [-0.39, 0.29) is 18.4 Å². The molecule has 52 valence electrons. The Morgan fingerprint density at radius 3 is 2.33 bits per heavy atom. The molecule has 2 aliphatic carbocycles. The first-order valence-corrected chi connectivity index (χ1v) is 3.26. The molecule has 0 spiro atoms. The second-order valence-electron chi connectivity index (χ2n) is 3.07. The van der Waals surface area contributed by atoms with Crippen molar-refractivity contribution in [3.05, 3.63) is 0 Å². The molecule has 0 radical (unpaired) electrons. The summed E-state index contributed by atoms with van der Waals surface area (Å²) in [5.74, 6) is -2.73. The molecule has 2 N–H and O–H groups in total. The molecule has 3 unspecified atom stereocenters. The SMILES string of the molecule is NC1C2CCC(F)(F)C12. The first kappa shape index (κ1) is 5.59. The molecule has 0 heterocycles. The summed E-state index contributed by atoms with van der Waals surface area (Å²) >= 11 is 0. The number of nitrogens with two attached hydrogens (primary N) is 1. The minimum absolute atomic E-state index is 0.0655. The van der Waals surface area contributed by atoms with Gasteiger partial charge in [-0.3, -0.25) is 0 Å². The molecule has 2 rings (SSSR count). The van der Waals surface area contributed by atoms with Crippen molar-refractivity contribution in [2.45, 2.75) is 24.8 Å². The first-order valence-electron chi connectivity index (χ1n) is 3.26. The molecule has 0 aromatic carbocycles. The van der Waals surface area contributed by atoms with Gasteiger partial charge < -0.3 is 5.73 Å². The first-order chi connectivity index (χ1) is 4.13. The van der Waals surface area contributed by atoms with Crippen LogP contribution in [-0.4, -0.2) is 12.0 Å². The minimum atomic E-state index is -2.43. The van der Waals surface area contributed by atoms with Gasteiger partial charge in [0, 0.05) is 18.4 Å². The fourth-order valence-corrected chi connectivity index (χ4v) is 1.89. The fourth-order valence-electron chi connectivity index (χ4n) is 1.89. The Hall–Kier alpha value is -0.180. The lowest BCUT2D eigenvalue weighted by molar-refractivity contribution is -0.0164. The van der Waals surface area contributed by atoms with E-state index < -0.39 is 11.8 Å². The van der Waals surface area contributed by atoms with Crippen LogP contribution in [0.1, 0.15) is 12.8 Å². The number of alkyl halides is 2. The Kier molecular flexibility index (Phi) is 0.799. The van der Waals surface area contributed by atoms with Crippen molar-refractivity contribution < 1.29 is 8.78 Å². The van der Waals surface area contributed by atoms with Crippen LogP contribution in [0.5, 0.6) is 0 Å². The van der Waals surface area contributed by atoms with Crippen LogP contribution in [0.3, 0.4) is 0 Å². The highest BCUT2D eigenvalue weighted by Gasteiger charge is 2.65. The lowest BCUT2D eigenvalue weighted by Crippen LogP contribution is -2.22. The van der Waals surface area contributed by atoms with Crippen LogP contribution in [0, 0.1) is 11.8 Å². The van der Waals surface area contributed by atoms with Crippen molar-refractivity contribution in [3.63, 3.8) is 0 Å². The maximum Gasteiger partial charge on any atom is 0.252 e. The van der Waals surface area contributed by atoms with Crippen molar-refractivity contribution in [3.8, 4) is 0 Å². The summed E-state index contributed by atoms with van der Waals surface area (Å²) in [6.45, 7) is 0. The fraction of sp³-hybridized carbons (Fsp3) is 1.00. The summed E-state index contributed by atoms with van der Waals surface area (Å²) in [5, 5.41) is 0. The van der Waals surface area contributed by atoms with Crippen LogP contribution in [-0.2, 0) is 0 Å². The summed E-state index contributed by atoms with van der Waals surface area (Å²) in [7, 11) is 0. The third-order valence-electron chi connectivity index (χ3n) is 2.53. The van der Waals surface area contributed by atoms with E-state index in [1.165, 1.54) is 0 Å². The van der Waals surface area contributed by atoms with Crippen LogP contribution < -0.4 is 5.73 Å². The van der Waals surface area contributed by atoms with Gasteiger partial charge in [0.15, 0.2) is 0 Å². The quantitative estimate of drug-likeness (QED) is 0.524. The van der Waals surface area contributed by atoms with Crippen molar-refractivity contribution >= 4 is 0 Å². The molecule has 1 nitrogen and oxygen atoms in total. The standard InChI is InChI=1S/C6H9F2N/c7-6(8)2-1-3-4(6)5(3)9/h3-5H,1-2,9H2. The molecule has 0 aromatic heterocycles. The van der Waals surface area contributed by atoms with Crippen molar-refractivity contribution in [2.24, 2.45) is 17.6 Å². The number of halogens is 2. The molecule has 9 heavy (non-hydrogen) atoms. The van der Waals surface area contributed by atoms with Crippen LogP contribution in [0.15, 0.2) is 0 Å². The normalized spacial score (nSPS) is 53.0. The van der Waals surface area contributed by atoms with Crippen LogP contribution in [0.25, 0.3) is 0 Å². The van der Waals surface area contributed by atoms with E-state index >= 15 is 0 Å². The molecular formula is C6H9F2N. The van der Waals surface area contributed by atoms with E-state index in [0.29, 0.717) is 6.42 Å². The molecular weight excluding hydrogens is 124 g/mol. The van der Waals surface area contributed by atoms with E-state index in [2.05, 4.69) is 0 Å². The number of rotatable bonds is 0. The lowest BCUT2D eigenvalue weighted by Gasteiger charge is -2.10. The molecule has 0 amide bonds. The van der Waals surface area contributed by atoms with E-state index in [1.807, 2.05) is 0 Å². The Morgan fingerprint density at radius 1 is 1.44 bits per heavy atom. The third-order valence-corrected chi connectivity index (χ3v) is 2.53. The smallest absolute Gasteiger partial charge is 0.252 e. The summed E-state index contributed by atoms with van der Waals surface area (Å²) in [6.07, 6.45) is 0.703. The zero-order chi connectivity index (χ0) is 6.65. The third kappa shape index (κ3) is 0.556. The van der Waals surface area contributed by atoms with Crippen LogP contribution >= 0.6 is 0 Å². The summed E-state index contributed by atoms with van der Waals surface area (Å²) in [5.41, 5.74) is 5.37. The van der Waals surface area contributed by atoms with Gasteiger partial charge in [0.2, 0.25) is 0 Å². The Labute approximate surface area is 52.2 Å². The van der Waals surface area contributed by atoms with Crippen molar-refractivity contribution in [2.75, 3.05) is 0 Å². The Balaban J connectivity index is 2.16. The highest BCUT2D eigenvalue weighted by molar-refractivity contribution is 5.12. The summed E-state index contributed by atoms with van der Waals surface area (Å²) in [6, 6.07) is -0.186. The predicted molar refractivity (Wildman–Crippen MR) is 29.1 cm³/mol. The van der Waals surface area contributed by atoms with Crippen LogP contribution in [0.4, 0.5) is 8.78 Å². The van der Waals surface area contributed by atoms with E-state index in [4.69, 9.17) is 5.73 Å². The van der Waals surface area contributed by atoms with Gasteiger partial charge >= 0.3 is 0 Å². The van der Waals surface area contributed by atoms with Crippen LogP contribution in [0.2, 0.25) is 0 Å². The maximum atomic E-state index is 12.6. The van der Waals surface area contributed by atoms with Gasteiger partial charge in [-0.15, -0.1) is 0 Å². The van der Waals surface area contributed by atoms with Gasteiger partial charge in [0.05, 0.1) is 0 Å². The molecule has 2 fully saturated rings. The Morgan fingerprint density at radius 2 is 2.11 bits per heavy atom. The summed E-state index contributed by atoms with van der Waals surface area (Å²) in [4.78, 5) is 0. The highest BCUT2D eigenvalue weighted by atomic mass is 19.3.